The molecule has 0 aromatic heterocycles. The molecule has 35 heavy (non-hydrogen) atoms. The molecule has 0 bridgehead atoms. The maximum atomic E-state index is 6.96. The predicted octanol–water partition coefficient (Wildman–Crippen LogP) is 9.30. The zero-order valence-corrected chi connectivity index (χ0v) is 22.8. The zero-order valence-electron chi connectivity index (χ0n) is 22.1. The van der Waals surface area contributed by atoms with Gasteiger partial charge in [0.25, 0.3) is 0 Å². The van der Waals surface area contributed by atoms with E-state index in [1.165, 1.54) is 39.2 Å². The van der Waals surface area contributed by atoms with Gasteiger partial charge in [0.1, 0.15) is 0 Å². The molecule has 0 amide bonds. The molecule has 0 saturated heterocycles. The van der Waals surface area contributed by atoms with Gasteiger partial charge in [0.15, 0.2) is 0 Å². The Bertz CT molecular complexity index is 1270. The van der Waals surface area contributed by atoms with Crippen molar-refractivity contribution in [3.05, 3.63) is 124 Å². The Morgan fingerprint density at radius 2 is 1.71 bits per heavy atom. The molecule has 0 atom stereocenters. The molecule has 0 fully saturated rings. The van der Waals surface area contributed by atoms with Gasteiger partial charge in [-0.25, -0.2) is 0 Å². The topological polar surface area (TPSA) is 3.24 Å². The fourth-order valence-corrected chi connectivity index (χ4v) is 5.86. The average Bonchev–Trinajstić information content (AvgIpc) is 3.02. The van der Waals surface area contributed by atoms with Crippen LogP contribution < -0.4 is 4.90 Å². The second kappa shape index (κ2) is 9.70. The van der Waals surface area contributed by atoms with Crippen LogP contribution in [0.2, 0.25) is 0 Å². The summed E-state index contributed by atoms with van der Waals surface area (Å²) in [5.74, 6) is 0. The number of benzene rings is 2. The number of hydrogen-bond donors (Lipinski definition) is 0. The highest BCUT2D eigenvalue weighted by Gasteiger charge is 2.37. The summed E-state index contributed by atoms with van der Waals surface area (Å²) in [5.41, 5.74) is 9.90. The lowest BCUT2D eigenvalue weighted by Gasteiger charge is -2.28. The predicted molar refractivity (Wildman–Crippen MR) is 153 cm³/mol. The third-order valence-corrected chi connectivity index (χ3v) is 8.43. The van der Waals surface area contributed by atoms with Gasteiger partial charge in [-0.3, -0.25) is 0 Å². The molecule has 1 nitrogen and oxygen atoms in total. The first-order valence-corrected chi connectivity index (χ1v) is 13.0. The summed E-state index contributed by atoms with van der Waals surface area (Å²) < 4.78 is 0. The quantitative estimate of drug-likeness (QED) is 0.383. The summed E-state index contributed by atoms with van der Waals surface area (Å²) in [4.78, 5) is 2.31. The second-order valence-corrected chi connectivity index (χ2v) is 11.3. The van der Waals surface area contributed by atoms with Gasteiger partial charge in [-0.1, -0.05) is 107 Å². The third-order valence-electron chi connectivity index (χ3n) is 7.95. The average molecular weight is 484 g/mol. The largest absolute Gasteiger partial charge is 0.347 e. The molecule has 1 aliphatic heterocycles. The number of nitrogens with zero attached hydrogens (tertiary/aromatic N) is 1. The van der Waals surface area contributed by atoms with Crippen molar-refractivity contribution in [3.63, 3.8) is 0 Å². The monoisotopic (exact) mass is 483 g/mol. The molecule has 182 valence electrons. The molecule has 1 heterocycles. The first-order valence-electron chi connectivity index (χ1n) is 12.6. The first kappa shape index (κ1) is 25.3. The number of allylic oxidation sites excluding steroid dienone is 9. The Morgan fingerprint density at radius 1 is 1.03 bits per heavy atom. The zero-order chi connectivity index (χ0) is 25.4. The van der Waals surface area contributed by atoms with Gasteiger partial charge in [0.05, 0.1) is 0 Å². The Labute approximate surface area is 217 Å². The maximum absolute atomic E-state index is 6.96. The minimum Gasteiger partial charge on any atom is -0.347 e. The highest BCUT2D eigenvalue weighted by molar-refractivity contribution is 6.32. The summed E-state index contributed by atoms with van der Waals surface area (Å²) in [6.45, 7) is 15.7. The van der Waals surface area contributed by atoms with Gasteiger partial charge in [0.2, 0.25) is 0 Å². The number of para-hydroxylation sites is 1. The summed E-state index contributed by atoms with van der Waals surface area (Å²) in [6, 6.07) is 17.2. The fourth-order valence-electron chi connectivity index (χ4n) is 5.55. The van der Waals surface area contributed by atoms with E-state index < -0.39 is 0 Å². The Kier molecular flexibility index (Phi) is 7.02. The summed E-state index contributed by atoms with van der Waals surface area (Å²) >= 11 is 6.96. The van der Waals surface area contributed by atoms with Crippen molar-refractivity contribution in [1.29, 1.82) is 0 Å². The van der Waals surface area contributed by atoms with Crippen molar-refractivity contribution >= 4 is 17.3 Å². The fraction of sp³-hybridized carbons (Fsp3) is 0.333. The Hall–Kier alpha value is -2.77. The van der Waals surface area contributed by atoms with Crippen LogP contribution in [0.5, 0.6) is 0 Å². The molecule has 2 heteroatoms. The van der Waals surface area contributed by atoms with Crippen LogP contribution in [-0.2, 0) is 10.8 Å². The van der Waals surface area contributed by atoms with Crippen molar-refractivity contribution in [2.45, 2.75) is 64.7 Å². The molecule has 0 unspecified atom stereocenters. The molecular formula is C33H38ClN. The molecule has 0 spiro atoms. The minimum absolute atomic E-state index is 0.0329. The highest BCUT2D eigenvalue weighted by atomic mass is 35.5. The van der Waals surface area contributed by atoms with E-state index in [-0.39, 0.29) is 10.8 Å². The van der Waals surface area contributed by atoms with E-state index in [2.05, 4.69) is 126 Å². The lowest BCUT2D eigenvalue weighted by atomic mass is 9.76. The molecule has 1 aliphatic carbocycles. The summed E-state index contributed by atoms with van der Waals surface area (Å²) in [7, 11) is 2.16. The van der Waals surface area contributed by atoms with E-state index in [4.69, 9.17) is 11.6 Å². The van der Waals surface area contributed by atoms with Crippen LogP contribution in [0.1, 0.15) is 63.6 Å². The Morgan fingerprint density at radius 3 is 2.43 bits per heavy atom. The maximum Gasteiger partial charge on any atom is 0.0469 e. The van der Waals surface area contributed by atoms with Crippen molar-refractivity contribution in [2.75, 3.05) is 11.9 Å². The molecule has 4 rings (SSSR count). The lowest BCUT2D eigenvalue weighted by Crippen LogP contribution is -2.22. The van der Waals surface area contributed by atoms with Crippen molar-refractivity contribution in [2.24, 2.45) is 0 Å². The minimum atomic E-state index is -0.139. The van der Waals surface area contributed by atoms with Crippen molar-refractivity contribution in [1.82, 2.24) is 0 Å². The second-order valence-electron chi connectivity index (χ2n) is 10.9. The van der Waals surface area contributed by atoms with E-state index in [9.17, 15) is 0 Å². The smallest absolute Gasteiger partial charge is 0.0469 e. The van der Waals surface area contributed by atoms with Gasteiger partial charge in [-0.05, 0) is 71.7 Å². The SMILES string of the molecule is C=C(/C=C/C1=C(Cl)C(=C/C=C2\N(C)c3ccccc3C2(C)C)/CCC1)C(C)(C)c1ccccc1C. The van der Waals surface area contributed by atoms with E-state index in [1.807, 2.05) is 0 Å². The van der Waals surface area contributed by atoms with Crippen LogP contribution in [0.15, 0.2) is 107 Å². The lowest BCUT2D eigenvalue weighted by molar-refractivity contribution is 0.636. The molecule has 0 radical (unpaired) electrons. The standard InChI is InChI=1S/C33H38ClN/c1-23-13-8-9-16-27(23)32(3,4)24(2)19-20-25-14-12-15-26(31(25)34)21-22-30-33(5,6)28-17-10-11-18-29(28)35(30)7/h8-11,13,16-22H,2,12,14-15H2,1,3-7H3/b20-19+,26-21+,30-22-. The molecular weight excluding hydrogens is 446 g/mol. The number of halogens is 1. The van der Waals surface area contributed by atoms with Crippen LogP contribution in [0.3, 0.4) is 0 Å². The number of fused-ring (bicyclic) bond motifs is 1. The van der Waals surface area contributed by atoms with E-state index >= 15 is 0 Å². The normalized spacial score (nSPS) is 20.3. The van der Waals surface area contributed by atoms with Crippen molar-refractivity contribution in [3.8, 4) is 0 Å². The van der Waals surface area contributed by atoms with E-state index in [1.54, 1.807) is 0 Å². The summed E-state index contributed by atoms with van der Waals surface area (Å²) in [6.07, 6.45) is 12.0. The Balaban J connectivity index is 1.59. The van der Waals surface area contributed by atoms with Crippen molar-refractivity contribution < 1.29 is 0 Å². The van der Waals surface area contributed by atoms with Crippen LogP contribution in [0, 0.1) is 6.92 Å². The molecule has 0 N–H and O–H groups in total. The van der Waals surface area contributed by atoms with Crippen LogP contribution in [0.4, 0.5) is 5.69 Å². The molecule has 0 saturated carbocycles. The van der Waals surface area contributed by atoms with Gasteiger partial charge in [0, 0.05) is 34.3 Å². The molecule has 2 aromatic rings. The molecule has 2 aromatic carbocycles. The van der Waals surface area contributed by atoms with Gasteiger partial charge < -0.3 is 4.90 Å². The first-order chi connectivity index (χ1) is 16.5. The number of aryl methyl sites for hydroxylation is 1. The van der Waals surface area contributed by atoms with Crippen LogP contribution >= 0.6 is 11.6 Å². The third kappa shape index (κ3) is 4.71. The molecule has 2 aliphatic rings. The van der Waals surface area contributed by atoms with Crippen LogP contribution in [0.25, 0.3) is 0 Å². The number of rotatable bonds is 5. The number of anilines is 1. The highest BCUT2D eigenvalue weighted by Crippen LogP contribution is 2.47. The van der Waals surface area contributed by atoms with E-state index in [0.29, 0.717) is 0 Å². The van der Waals surface area contributed by atoms with Crippen LogP contribution in [-0.4, -0.2) is 7.05 Å². The van der Waals surface area contributed by atoms with Gasteiger partial charge in [-0.15, -0.1) is 0 Å². The number of likely N-dealkylation sites (N-methyl/N-ethyl adjacent to an activating group) is 1. The van der Waals surface area contributed by atoms with E-state index in [0.717, 1.165) is 29.9 Å². The van der Waals surface area contributed by atoms with Gasteiger partial charge in [-0.2, -0.15) is 0 Å². The number of hydrogen-bond acceptors (Lipinski definition) is 1. The summed E-state index contributed by atoms with van der Waals surface area (Å²) in [5, 5.41) is 0.891. The van der Waals surface area contributed by atoms with Gasteiger partial charge >= 0.3 is 0 Å².